The summed E-state index contributed by atoms with van der Waals surface area (Å²) in [6, 6.07) is 21.1. The van der Waals surface area contributed by atoms with Crippen LogP contribution in [0.25, 0.3) is 32.8 Å². The SMILES string of the molecule is Nc1cccc2ccc3ncc(-c4ccccc4)cc3c(=O)c12. The fourth-order valence-electron chi connectivity index (χ4n) is 2.87. The molecule has 0 bridgehead atoms. The van der Waals surface area contributed by atoms with Crippen LogP contribution in [0.15, 0.2) is 77.7 Å². The number of fused-ring (bicyclic) bond motifs is 2. The topological polar surface area (TPSA) is 56.0 Å². The van der Waals surface area contributed by atoms with Crippen LogP contribution in [0, 0.1) is 0 Å². The lowest BCUT2D eigenvalue weighted by atomic mass is 10.1. The van der Waals surface area contributed by atoms with E-state index in [4.69, 9.17) is 5.73 Å². The summed E-state index contributed by atoms with van der Waals surface area (Å²) in [7, 11) is 0. The first-order valence-corrected chi connectivity index (χ1v) is 7.41. The van der Waals surface area contributed by atoms with Crippen molar-refractivity contribution in [1.29, 1.82) is 0 Å². The minimum absolute atomic E-state index is 0.0802. The van der Waals surface area contributed by atoms with E-state index in [-0.39, 0.29) is 5.43 Å². The summed E-state index contributed by atoms with van der Waals surface area (Å²) in [4.78, 5) is 17.4. The molecule has 0 saturated carbocycles. The number of pyridine rings is 1. The van der Waals surface area contributed by atoms with Crippen LogP contribution in [-0.4, -0.2) is 4.98 Å². The minimum Gasteiger partial charge on any atom is -0.398 e. The molecule has 4 aromatic rings. The number of nitrogens with two attached hydrogens (primary N) is 1. The normalized spacial score (nSPS) is 11.0. The average Bonchev–Trinajstić information content (AvgIpc) is 2.73. The lowest BCUT2D eigenvalue weighted by Gasteiger charge is -2.01. The molecule has 0 radical (unpaired) electrons. The van der Waals surface area contributed by atoms with E-state index in [2.05, 4.69) is 4.98 Å². The van der Waals surface area contributed by atoms with Gasteiger partial charge in [0.1, 0.15) is 0 Å². The maximum atomic E-state index is 13.0. The van der Waals surface area contributed by atoms with E-state index in [1.807, 2.05) is 60.7 Å². The molecule has 4 rings (SSSR count). The molecule has 0 aliphatic rings. The molecule has 110 valence electrons. The highest BCUT2D eigenvalue weighted by molar-refractivity contribution is 5.98. The molecule has 23 heavy (non-hydrogen) atoms. The summed E-state index contributed by atoms with van der Waals surface area (Å²) in [5.41, 5.74) is 9.07. The molecule has 0 fully saturated rings. The zero-order chi connectivity index (χ0) is 15.8. The first-order valence-electron chi connectivity index (χ1n) is 7.41. The smallest absolute Gasteiger partial charge is 0.197 e. The first-order chi connectivity index (χ1) is 11.2. The van der Waals surface area contributed by atoms with Crippen LogP contribution >= 0.6 is 0 Å². The predicted molar refractivity (Wildman–Crippen MR) is 95.4 cm³/mol. The highest BCUT2D eigenvalue weighted by Gasteiger charge is 2.07. The van der Waals surface area contributed by atoms with Crippen LogP contribution in [-0.2, 0) is 0 Å². The van der Waals surface area contributed by atoms with Crippen LogP contribution in [0.3, 0.4) is 0 Å². The third kappa shape index (κ3) is 2.23. The number of benzene rings is 2. The van der Waals surface area contributed by atoms with E-state index in [9.17, 15) is 4.79 Å². The van der Waals surface area contributed by atoms with E-state index in [1.165, 1.54) is 0 Å². The third-order valence-electron chi connectivity index (χ3n) is 4.05. The second kappa shape index (κ2) is 5.21. The van der Waals surface area contributed by atoms with Crippen LogP contribution in [0.4, 0.5) is 5.69 Å². The van der Waals surface area contributed by atoms with Gasteiger partial charge in [0.2, 0.25) is 0 Å². The fourth-order valence-corrected chi connectivity index (χ4v) is 2.87. The van der Waals surface area contributed by atoms with Gasteiger partial charge in [-0.05, 0) is 29.1 Å². The van der Waals surface area contributed by atoms with Crippen molar-refractivity contribution in [2.45, 2.75) is 0 Å². The number of aromatic nitrogens is 1. The zero-order valence-corrected chi connectivity index (χ0v) is 12.4. The predicted octanol–water partition coefficient (Wildman–Crippen LogP) is 4.00. The van der Waals surface area contributed by atoms with Gasteiger partial charge in [-0.25, -0.2) is 0 Å². The lowest BCUT2D eigenvalue weighted by Crippen LogP contribution is -2.02. The quantitative estimate of drug-likeness (QED) is 0.540. The van der Waals surface area contributed by atoms with E-state index in [0.717, 1.165) is 16.5 Å². The summed E-state index contributed by atoms with van der Waals surface area (Å²) >= 11 is 0. The molecule has 0 saturated heterocycles. The van der Waals surface area contributed by atoms with E-state index >= 15 is 0 Å². The van der Waals surface area contributed by atoms with Gasteiger partial charge in [-0.1, -0.05) is 48.5 Å². The molecular weight excluding hydrogens is 284 g/mol. The molecular formula is C20H14N2O. The lowest BCUT2D eigenvalue weighted by molar-refractivity contribution is 1.41. The van der Waals surface area contributed by atoms with Gasteiger partial charge in [-0.2, -0.15) is 0 Å². The van der Waals surface area contributed by atoms with Gasteiger partial charge in [0.15, 0.2) is 5.43 Å². The van der Waals surface area contributed by atoms with Crippen molar-refractivity contribution in [3.63, 3.8) is 0 Å². The highest BCUT2D eigenvalue weighted by atomic mass is 16.1. The van der Waals surface area contributed by atoms with Crippen molar-refractivity contribution < 1.29 is 0 Å². The van der Waals surface area contributed by atoms with Crippen LogP contribution < -0.4 is 11.2 Å². The Hall–Kier alpha value is -3.20. The molecule has 0 atom stereocenters. The Bertz CT molecular complexity index is 1090. The molecule has 0 aliphatic carbocycles. The number of hydrogen-bond acceptors (Lipinski definition) is 3. The van der Waals surface area contributed by atoms with Gasteiger partial charge >= 0.3 is 0 Å². The molecule has 0 amide bonds. The van der Waals surface area contributed by atoms with Gasteiger partial charge in [-0.15, -0.1) is 0 Å². The first kappa shape index (κ1) is 13.5. The second-order valence-corrected chi connectivity index (χ2v) is 5.50. The number of rotatable bonds is 1. The molecule has 3 aromatic carbocycles. The maximum Gasteiger partial charge on any atom is 0.197 e. The van der Waals surface area contributed by atoms with Crippen molar-refractivity contribution >= 4 is 27.4 Å². The van der Waals surface area contributed by atoms with Crippen molar-refractivity contribution in [2.75, 3.05) is 5.73 Å². The van der Waals surface area contributed by atoms with Crippen molar-refractivity contribution in [3.05, 3.63) is 83.2 Å². The van der Waals surface area contributed by atoms with Gasteiger partial charge < -0.3 is 5.73 Å². The molecule has 3 heteroatoms. The zero-order valence-electron chi connectivity index (χ0n) is 12.4. The van der Waals surface area contributed by atoms with Gasteiger partial charge in [0, 0.05) is 22.8 Å². The fraction of sp³-hybridized carbons (Fsp3) is 0. The Morgan fingerprint density at radius 3 is 2.48 bits per heavy atom. The maximum absolute atomic E-state index is 13.0. The number of nitrogens with zero attached hydrogens (tertiary/aromatic N) is 1. The Kier molecular flexibility index (Phi) is 3.05. The van der Waals surface area contributed by atoms with E-state index in [0.29, 0.717) is 22.0 Å². The Labute approximate surface area is 133 Å². The van der Waals surface area contributed by atoms with E-state index in [1.54, 1.807) is 12.3 Å². The number of hydrogen-bond donors (Lipinski definition) is 1. The molecule has 0 aliphatic heterocycles. The molecule has 2 N–H and O–H groups in total. The highest BCUT2D eigenvalue weighted by Crippen LogP contribution is 2.23. The van der Waals surface area contributed by atoms with Gasteiger partial charge in [0.05, 0.1) is 10.9 Å². The Morgan fingerprint density at radius 2 is 1.65 bits per heavy atom. The summed E-state index contributed by atoms with van der Waals surface area (Å²) in [5.74, 6) is 0. The van der Waals surface area contributed by atoms with Crippen LogP contribution in [0.1, 0.15) is 0 Å². The Balaban J connectivity index is 2.12. The van der Waals surface area contributed by atoms with Crippen LogP contribution in [0.5, 0.6) is 0 Å². The average molecular weight is 298 g/mol. The molecule has 3 nitrogen and oxygen atoms in total. The van der Waals surface area contributed by atoms with Crippen molar-refractivity contribution in [2.24, 2.45) is 0 Å². The molecule has 0 spiro atoms. The standard InChI is InChI=1S/C20H14N2O/c21-17-8-4-7-14-9-10-18-16(20(23)19(14)17)11-15(12-22-18)13-5-2-1-3-6-13/h1-12H,21H2. The van der Waals surface area contributed by atoms with E-state index < -0.39 is 0 Å². The Morgan fingerprint density at radius 1 is 0.826 bits per heavy atom. The molecule has 1 heterocycles. The number of nitrogen functional groups attached to an aromatic ring is 1. The summed E-state index contributed by atoms with van der Waals surface area (Å²) in [5, 5.41) is 1.96. The third-order valence-corrected chi connectivity index (χ3v) is 4.05. The second-order valence-electron chi connectivity index (χ2n) is 5.50. The van der Waals surface area contributed by atoms with Crippen molar-refractivity contribution in [1.82, 2.24) is 4.98 Å². The van der Waals surface area contributed by atoms with Crippen molar-refractivity contribution in [3.8, 4) is 11.1 Å². The molecule has 0 unspecified atom stereocenters. The summed E-state index contributed by atoms with van der Waals surface area (Å²) in [6.07, 6.45) is 1.80. The monoisotopic (exact) mass is 298 g/mol. The number of anilines is 1. The van der Waals surface area contributed by atoms with Gasteiger partial charge in [0.25, 0.3) is 0 Å². The molecule has 1 aromatic heterocycles. The van der Waals surface area contributed by atoms with Gasteiger partial charge in [-0.3, -0.25) is 9.78 Å². The van der Waals surface area contributed by atoms with Crippen LogP contribution in [0.2, 0.25) is 0 Å². The minimum atomic E-state index is -0.0802. The summed E-state index contributed by atoms with van der Waals surface area (Å²) < 4.78 is 0. The summed E-state index contributed by atoms with van der Waals surface area (Å²) in [6.45, 7) is 0. The largest absolute Gasteiger partial charge is 0.398 e.